The third-order valence-electron chi connectivity index (χ3n) is 2.81. The lowest BCUT2D eigenvalue weighted by Crippen LogP contribution is -2.45. The molecule has 0 radical (unpaired) electrons. The second-order valence-corrected chi connectivity index (χ2v) is 4.40. The molecule has 0 saturated heterocycles. The van der Waals surface area contributed by atoms with Gasteiger partial charge in [0.25, 0.3) is 5.91 Å². The van der Waals surface area contributed by atoms with E-state index in [2.05, 4.69) is 4.98 Å². The number of nitrogens with zero attached hydrogens (tertiary/aromatic N) is 1. The number of carbonyl (C=O) groups is 1. The molecule has 2 aromatic rings. The molecular weight excluding hydrogens is 264 g/mol. The number of halogens is 1. The lowest BCUT2D eigenvalue weighted by atomic mass is 10.1. The van der Waals surface area contributed by atoms with Gasteiger partial charge in [-0.05, 0) is 19.9 Å². The lowest BCUT2D eigenvalue weighted by Gasteiger charge is -2.24. The Morgan fingerprint density at radius 2 is 2.00 bits per heavy atom. The Morgan fingerprint density at radius 1 is 1.37 bits per heavy atom. The molecule has 1 aromatic carbocycles. The molecule has 0 unspecified atom stereocenters. The van der Waals surface area contributed by atoms with E-state index >= 15 is 0 Å². The number of para-hydroxylation sites is 1. The van der Waals surface area contributed by atoms with Gasteiger partial charge in [-0.2, -0.15) is 0 Å². The summed E-state index contributed by atoms with van der Waals surface area (Å²) in [6.45, 7) is 3.66. The van der Waals surface area contributed by atoms with Gasteiger partial charge in [0.15, 0.2) is 5.96 Å². The SMILES string of the molecule is CC(C)N(C(=N)N)C(=O)c1c[nH]c2ccccc12.Cl. The van der Waals surface area contributed by atoms with Gasteiger partial charge in [-0.25, -0.2) is 0 Å². The minimum Gasteiger partial charge on any atom is -0.370 e. The minimum absolute atomic E-state index is 0. The Balaban J connectivity index is 0.00000180. The van der Waals surface area contributed by atoms with Gasteiger partial charge in [-0.15, -0.1) is 12.4 Å². The smallest absolute Gasteiger partial charge is 0.262 e. The molecule has 1 amide bonds. The summed E-state index contributed by atoms with van der Waals surface area (Å²) in [6.07, 6.45) is 1.66. The van der Waals surface area contributed by atoms with E-state index in [1.165, 1.54) is 4.90 Å². The van der Waals surface area contributed by atoms with Gasteiger partial charge >= 0.3 is 0 Å². The van der Waals surface area contributed by atoms with Gasteiger partial charge in [0.1, 0.15) is 0 Å². The van der Waals surface area contributed by atoms with Crippen molar-refractivity contribution < 1.29 is 4.79 Å². The van der Waals surface area contributed by atoms with Crippen molar-refractivity contribution in [1.29, 1.82) is 5.41 Å². The molecule has 5 nitrogen and oxygen atoms in total. The van der Waals surface area contributed by atoms with Gasteiger partial charge < -0.3 is 10.7 Å². The number of H-pyrrole nitrogens is 1. The van der Waals surface area contributed by atoms with Gasteiger partial charge in [-0.3, -0.25) is 15.1 Å². The third kappa shape index (κ3) is 2.71. The molecule has 0 atom stereocenters. The van der Waals surface area contributed by atoms with Crippen LogP contribution in [0.4, 0.5) is 0 Å². The van der Waals surface area contributed by atoms with E-state index in [0.717, 1.165) is 10.9 Å². The summed E-state index contributed by atoms with van der Waals surface area (Å²) < 4.78 is 0. The van der Waals surface area contributed by atoms with Crippen molar-refractivity contribution in [3.05, 3.63) is 36.0 Å². The quantitative estimate of drug-likeness (QED) is 0.582. The monoisotopic (exact) mass is 280 g/mol. The summed E-state index contributed by atoms with van der Waals surface area (Å²) in [4.78, 5) is 16.7. The van der Waals surface area contributed by atoms with E-state index in [1.807, 2.05) is 38.1 Å². The van der Waals surface area contributed by atoms with Crippen molar-refractivity contribution in [3.8, 4) is 0 Å². The molecule has 4 N–H and O–H groups in total. The summed E-state index contributed by atoms with van der Waals surface area (Å²) in [5.41, 5.74) is 6.90. The lowest BCUT2D eigenvalue weighted by molar-refractivity contribution is 0.0817. The highest BCUT2D eigenvalue weighted by Gasteiger charge is 2.23. The highest BCUT2D eigenvalue weighted by molar-refractivity contribution is 6.12. The average molecular weight is 281 g/mol. The number of carbonyl (C=O) groups excluding carboxylic acids is 1. The first-order valence-electron chi connectivity index (χ1n) is 5.76. The highest BCUT2D eigenvalue weighted by Crippen LogP contribution is 2.20. The number of fused-ring (bicyclic) bond motifs is 1. The van der Waals surface area contributed by atoms with Crippen LogP contribution < -0.4 is 5.73 Å². The molecule has 19 heavy (non-hydrogen) atoms. The maximum Gasteiger partial charge on any atom is 0.262 e. The highest BCUT2D eigenvalue weighted by atomic mass is 35.5. The van der Waals surface area contributed by atoms with E-state index in [-0.39, 0.29) is 30.3 Å². The zero-order valence-electron chi connectivity index (χ0n) is 10.8. The van der Waals surface area contributed by atoms with Crippen molar-refractivity contribution in [2.45, 2.75) is 19.9 Å². The molecular formula is C13H17ClN4O. The van der Waals surface area contributed by atoms with Crippen LogP contribution in [-0.4, -0.2) is 27.8 Å². The molecule has 0 bridgehead atoms. The first-order chi connectivity index (χ1) is 8.52. The standard InChI is InChI=1S/C13H16N4O.ClH/c1-8(2)17(13(14)15)12(18)10-7-16-11-6-4-3-5-9(10)11;/h3-8,16H,1-2H3,(H3,14,15);1H. The van der Waals surface area contributed by atoms with Crippen LogP contribution in [-0.2, 0) is 0 Å². The van der Waals surface area contributed by atoms with E-state index in [0.29, 0.717) is 5.56 Å². The van der Waals surface area contributed by atoms with Gasteiger partial charge in [0, 0.05) is 23.1 Å². The van der Waals surface area contributed by atoms with Crippen LogP contribution in [0.15, 0.2) is 30.5 Å². The summed E-state index contributed by atoms with van der Waals surface area (Å²) >= 11 is 0. The van der Waals surface area contributed by atoms with Gasteiger partial charge in [-0.1, -0.05) is 18.2 Å². The van der Waals surface area contributed by atoms with Gasteiger partial charge in [0.2, 0.25) is 0 Å². The average Bonchev–Trinajstić information content (AvgIpc) is 2.71. The number of rotatable bonds is 2. The molecule has 0 aliphatic heterocycles. The molecule has 2 rings (SSSR count). The number of benzene rings is 1. The number of aromatic nitrogens is 1. The van der Waals surface area contributed by atoms with Crippen molar-refractivity contribution in [2.24, 2.45) is 5.73 Å². The molecule has 0 aliphatic carbocycles. The third-order valence-corrected chi connectivity index (χ3v) is 2.81. The Labute approximate surface area is 117 Å². The topological polar surface area (TPSA) is 86.0 Å². The van der Waals surface area contributed by atoms with Crippen LogP contribution in [0.25, 0.3) is 10.9 Å². The molecule has 0 fully saturated rings. The Kier molecular flexibility index (Phi) is 4.56. The Hall–Kier alpha value is -2.01. The van der Waals surface area contributed by atoms with Crippen molar-refractivity contribution in [1.82, 2.24) is 9.88 Å². The predicted octanol–water partition coefficient (Wildman–Crippen LogP) is 2.33. The molecule has 0 spiro atoms. The normalized spacial score (nSPS) is 10.3. The summed E-state index contributed by atoms with van der Waals surface area (Å²) in [7, 11) is 0. The zero-order chi connectivity index (χ0) is 13.3. The Bertz CT molecular complexity index is 605. The number of hydrogen-bond acceptors (Lipinski definition) is 2. The number of guanidine groups is 1. The van der Waals surface area contributed by atoms with Crippen LogP contribution in [0, 0.1) is 5.41 Å². The molecule has 102 valence electrons. The van der Waals surface area contributed by atoms with Crippen molar-refractivity contribution in [3.63, 3.8) is 0 Å². The van der Waals surface area contributed by atoms with Crippen LogP contribution in [0.5, 0.6) is 0 Å². The molecule has 6 heteroatoms. The van der Waals surface area contributed by atoms with Crippen LogP contribution in [0.3, 0.4) is 0 Å². The zero-order valence-corrected chi connectivity index (χ0v) is 11.6. The maximum atomic E-state index is 12.4. The first kappa shape index (κ1) is 15.0. The van der Waals surface area contributed by atoms with E-state index in [9.17, 15) is 4.79 Å². The molecule has 0 saturated carbocycles. The minimum atomic E-state index is -0.255. The van der Waals surface area contributed by atoms with Crippen molar-refractivity contribution in [2.75, 3.05) is 0 Å². The largest absolute Gasteiger partial charge is 0.370 e. The maximum absolute atomic E-state index is 12.4. The summed E-state index contributed by atoms with van der Waals surface area (Å²) in [5.74, 6) is -0.491. The summed E-state index contributed by atoms with van der Waals surface area (Å²) in [5, 5.41) is 8.34. The summed E-state index contributed by atoms with van der Waals surface area (Å²) in [6, 6.07) is 7.40. The second-order valence-electron chi connectivity index (χ2n) is 4.40. The number of nitrogens with two attached hydrogens (primary N) is 1. The molecule has 1 aromatic heterocycles. The van der Waals surface area contributed by atoms with E-state index in [1.54, 1.807) is 6.20 Å². The van der Waals surface area contributed by atoms with Crippen molar-refractivity contribution >= 4 is 35.2 Å². The fourth-order valence-electron chi connectivity index (χ4n) is 2.00. The number of amides is 1. The number of aromatic amines is 1. The van der Waals surface area contributed by atoms with Crippen LogP contribution >= 0.6 is 12.4 Å². The van der Waals surface area contributed by atoms with Gasteiger partial charge in [0.05, 0.1) is 5.56 Å². The number of nitrogens with one attached hydrogen (secondary N) is 2. The van der Waals surface area contributed by atoms with Crippen LogP contribution in [0.2, 0.25) is 0 Å². The predicted molar refractivity (Wildman–Crippen MR) is 78.8 cm³/mol. The molecule has 1 heterocycles. The van der Waals surface area contributed by atoms with E-state index < -0.39 is 0 Å². The number of hydrogen-bond donors (Lipinski definition) is 3. The van der Waals surface area contributed by atoms with Crippen LogP contribution in [0.1, 0.15) is 24.2 Å². The fraction of sp³-hybridized carbons (Fsp3) is 0.231. The first-order valence-corrected chi connectivity index (χ1v) is 5.76. The molecule has 0 aliphatic rings. The fourth-order valence-corrected chi connectivity index (χ4v) is 2.00. The second kappa shape index (κ2) is 5.75. The van der Waals surface area contributed by atoms with E-state index in [4.69, 9.17) is 11.1 Å². The Morgan fingerprint density at radius 3 is 2.58 bits per heavy atom.